The lowest BCUT2D eigenvalue weighted by Gasteiger charge is -2.16. The molecular weight excluding hydrogens is 341 g/mol. The van der Waals surface area contributed by atoms with E-state index in [1.54, 1.807) is 6.92 Å². The second-order valence-corrected chi connectivity index (χ2v) is 8.78. The van der Waals surface area contributed by atoms with Crippen molar-refractivity contribution < 1.29 is 21.2 Å². The highest BCUT2D eigenvalue weighted by molar-refractivity contribution is 7.93. The normalized spacial score (nSPS) is 13.7. The van der Waals surface area contributed by atoms with Crippen molar-refractivity contribution in [3.05, 3.63) is 59.9 Å². The smallest absolute Gasteiger partial charge is 0.224 e. The molecule has 1 unspecified atom stereocenters. The number of rotatable bonds is 5. The summed E-state index contributed by atoms with van der Waals surface area (Å²) in [4.78, 5) is -0.574. The molecular formula is C15H16FNO4S2. The molecule has 0 radical (unpaired) electrons. The minimum absolute atomic E-state index is 0.265. The Balaban J connectivity index is 2.38. The van der Waals surface area contributed by atoms with Gasteiger partial charge in [-0.1, -0.05) is 24.3 Å². The van der Waals surface area contributed by atoms with Crippen LogP contribution in [-0.4, -0.2) is 23.1 Å². The lowest BCUT2D eigenvalue weighted by Crippen LogP contribution is -2.28. The molecule has 0 bridgehead atoms. The molecule has 0 heterocycles. The molecule has 0 aliphatic carbocycles. The molecule has 0 amide bonds. The van der Waals surface area contributed by atoms with E-state index in [0.29, 0.717) is 5.56 Å². The summed E-state index contributed by atoms with van der Waals surface area (Å²) in [6.07, 6.45) is 0.949. The predicted octanol–water partition coefficient (Wildman–Crippen LogP) is 2.27. The second-order valence-electron chi connectivity index (χ2n) is 5.11. The third-order valence-electron chi connectivity index (χ3n) is 3.24. The standard InChI is InChI=1S/C15H16FNO4S2/c1-11(12-7-9-13(16)10-8-12)17-23(20,21)15-6-4-3-5-14(15)22(2,18)19/h3-11,17H,1-2H3. The van der Waals surface area contributed by atoms with Gasteiger partial charge in [0.1, 0.15) is 10.7 Å². The Morgan fingerprint density at radius 1 is 0.913 bits per heavy atom. The van der Waals surface area contributed by atoms with Crippen LogP contribution >= 0.6 is 0 Å². The van der Waals surface area contributed by atoms with Crippen molar-refractivity contribution in [2.75, 3.05) is 6.26 Å². The molecule has 124 valence electrons. The number of hydrogen-bond donors (Lipinski definition) is 1. The minimum atomic E-state index is -4.05. The van der Waals surface area contributed by atoms with Crippen LogP contribution in [-0.2, 0) is 19.9 Å². The van der Waals surface area contributed by atoms with Crippen molar-refractivity contribution in [2.24, 2.45) is 0 Å². The molecule has 23 heavy (non-hydrogen) atoms. The second kappa shape index (κ2) is 6.38. The van der Waals surface area contributed by atoms with E-state index in [9.17, 15) is 21.2 Å². The van der Waals surface area contributed by atoms with E-state index in [-0.39, 0.29) is 9.79 Å². The van der Waals surface area contributed by atoms with E-state index in [1.165, 1.54) is 48.5 Å². The Morgan fingerprint density at radius 2 is 1.43 bits per heavy atom. The van der Waals surface area contributed by atoms with E-state index in [2.05, 4.69) is 4.72 Å². The Hall–Kier alpha value is -1.77. The van der Waals surface area contributed by atoms with Gasteiger partial charge < -0.3 is 0 Å². The van der Waals surface area contributed by atoms with E-state index in [1.807, 2.05) is 0 Å². The molecule has 0 saturated carbocycles. The number of sulfonamides is 1. The summed E-state index contributed by atoms with van der Waals surface area (Å²) < 4.78 is 63.9. The molecule has 1 N–H and O–H groups in total. The van der Waals surface area contributed by atoms with Crippen LogP contribution in [0, 0.1) is 5.82 Å². The lowest BCUT2D eigenvalue weighted by molar-refractivity contribution is 0.561. The first-order valence-corrected chi connectivity index (χ1v) is 10.1. The molecule has 0 aromatic heterocycles. The highest BCUT2D eigenvalue weighted by Gasteiger charge is 2.25. The Labute approximate surface area is 135 Å². The van der Waals surface area contributed by atoms with E-state index in [4.69, 9.17) is 0 Å². The van der Waals surface area contributed by atoms with Crippen LogP contribution in [0.2, 0.25) is 0 Å². The van der Waals surface area contributed by atoms with Gasteiger partial charge in [-0.3, -0.25) is 0 Å². The summed E-state index contributed by atoms with van der Waals surface area (Å²) in [5, 5.41) is 0. The Kier molecular flexibility index (Phi) is 4.88. The molecule has 2 aromatic rings. The van der Waals surface area contributed by atoms with Crippen molar-refractivity contribution in [3.8, 4) is 0 Å². The molecule has 0 aliphatic rings. The molecule has 0 fully saturated rings. The summed E-state index contributed by atoms with van der Waals surface area (Å²) in [6.45, 7) is 1.59. The molecule has 0 aliphatic heterocycles. The van der Waals surface area contributed by atoms with Crippen molar-refractivity contribution in [1.29, 1.82) is 0 Å². The van der Waals surface area contributed by atoms with Crippen LogP contribution in [0.5, 0.6) is 0 Å². The molecule has 2 aromatic carbocycles. The molecule has 5 nitrogen and oxygen atoms in total. The van der Waals surface area contributed by atoms with Gasteiger partial charge >= 0.3 is 0 Å². The lowest BCUT2D eigenvalue weighted by atomic mass is 10.1. The van der Waals surface area contributed by atoms with Crippen molar-refractivity contribution in [2.45, 2.75) is 22.8 Å². The zero-order valence-corrected chi connectivity index (χ0v) is 14.2. The van der Waals surface area contributed by atoms with Gasteiger partial charge in [-0.25, -0.2) is 25.9 Å². The maximum Gasteiger partial charge on any atom is 0.242 e. The van der Waals surface area contributed by atoms with Gasteiger partial charge in [-0.2, -0.15) is 0 Å². The largest absolute Gasteiger partial charge is 0.242 e. The first-order chi connectivity index (χ1) is 10.6. The van der Waals surface area contributed by atoms with Gasteiger partial charge in [0.2, 0.25) is 10.0 Å². The SMILES string of the molecule is CC(NS(=O)(=O)c1ccccc1S(C)(=O)=O)c1ccc(F)cc1. The monoisotopic (exact) mass is 357 g/mol. The first-order valence-electron chi connectivity index (χ1n) is 6.68. The van der Waals surface area contributed by atoms with Crippen LogP contribution in [0.15, 0.2) is 58.3 Å². The van der Waals surface area contributed by atoms with Gasteiger partial charge in [0.25, 0.3) is 0 Å². The predicted molar refractivity (Wildman–Crippen MR) is 84.7 cm³/mol. The van der Waals surface area contributed by atoms with Crippen LogP contribution in [0.25, 0.3) is 0 Å². The maximum atomic E-state index is 12.9. The summed E-state index contributed by atoms with van der Waals surface area (Å²) in [7, 11) is -7.75. The summed E-state index contributed by atoms with van der Waals surface area (Å²) in [6, 6.07) is 10.1. The minimum Gasteiger partial charge on any atom is -0.224 e. The third kappa shape index (κ3) is 4.15. The van der Waals surface area contributed by atoms with Crippen molar-refractivity contribution in [1.82, 2.24) is 4.72 Å². The van der Waals surface area contributed by atoms with E-state index >= 15 is 0 Å². The highest BCUT2D eigenvalue weighted by atomic mass is 32.2. The van der Waals surface area contributed by atoms with Gasteiger partial charge in [0, 0.05) is 12.3 Å². The molecule has 0 spiro atoms. The number of nitrogens with one attached hydrogen (secondary N) is 1. The average Bonchev–Trinajstić information content (AvgIpc) is 2.46. The molecule has 1 atom stereocenters. The Bertz CT molecular complexity index is 907. The van der Waals surface area contributed by atoms with Gasteiger partial charge in [-0.05, 0) is 36.8 Å². The third-order valence-corrected chi connectivity index (χ3v) is 6.12. The summed E-state index contributed by atoms with van der Waals surface area (Å²) in [5.41, 5.74) is 0.562. The van der Waals surface area contributed by atoms with Gasteiger partial charge in [-0.15, -0.1) is 0 Å². The van der Waals surface area contributed by atoms with Crippen LogP contribution in [0.1, 0.15) is 18.5 Å². The fourth-order valence-electron chi connectivity index (χ4n) is 2.09. The van der Waals surface area contributed by atoms with Crippen LogP contribution in [0.4, 0.5) is 4.39 Å². The van der Waals surface area contributed by atoms with Crippen LogP contribution < -0.4 is 4.72 Å². The highest BCUT2D eigenvalue weighted by Crippen LogP contribution is 2.23. The van der Waals surface area contributed by atoms with Gasteiger partial charge in [0.15, 0.2) is 9.84 Å². The topological polar surface area (TPSA) is 80.3 Å². The number of benzene rings is 2. The molecule has 8 heteroatoms. The summed E-state index contributed by atoms with van der Waals surface area (Å²) in [5.74, 6) is -0.425. The number of sulfone groups is 1. The van der Waals surface area contributed by atoms with E-state index in [0.717, 1.165) is 6.26 Å². The van der Waals surface area contributed by atoms with Gasteiger partial charge in [0.05, 0.1) is 4.90 Å². The van der Waals surface area contributed by atoms with Crippen LogP contribution in [0.3, 0.4) is 0 Å². The zero-order chi connectivity index (χ0) is 17.3. The Morgan fingerprint density at radius 3 is 1.96 bits per heavy atom. The van der Waals surface area contributed by atoms with E-state index < -0.39 is 31.7 Å². The number of hydrogen-bond acceptors (Lipinski definition) is 4. The average molecular weight is 357 g/mol. The number of halogens is 1. The first kappa shape index (κ1) is 17.6. The fourth-order valence-corrected chi connectivity index (χ4v) is 4.96. The quantitative estimate of drug-likeness (QED) is 0.890. The van der Waals surface area contributed by atoms with Crippen molar-refractivity contribution in [3.63, 3.8) is 0 Å². The maximum absolute atomic E-state index is 12.9. The fraction of sp³-hybridized carbons (Fsp3) is 0.200. The molecule has 0 saturated heterocycles. The molecule has 2 rings (SSSR count). The zero-order valence-electron chi connectivity index (χ0n) is 12.5. The van der Waals surface area contributed by atoms with Crippen molar-refractivity contribution >= 4 is 19.9 Å². The summed E-state index contributed by atoms with van der Waals surface area (Å²) >= 11 is 0.